The van der Waals surface area contributed by atoms with E-state index in [0.717, 1.165) is 90.5 Å². The SMILES string of the molecule is COc1ccc(CN2C(=O)C3(CCC3)c3cc(-c4ccnn4-c4ccccc4)cc(OC4CCN(C)CC4)c32)cc1. The zero-order chi connectivity index (χ0) is 28.0. The Morgan fingerprint density at radius 3 is 2.41 bits per heavy atom. The van der Waals surface area contributed by atoms with Gasteiger partial charge in [0, 0.05) is 18.7 Å². The number of hydrogen-bond acceptors (Lipinski definition) is 5. The van der Waals surface area contributed by atoms with E-state index >= 15 is 0 Å². The summed E-state index contributed by atoms with van der Waals surface area (Å²) in [6.45, 7) is 2.51. The summed E-state index contributed by atoms with van der Waals surface area (Å²) in [4.78, 5) is 18.6. The molecule has 7 nitrogen and oxygen atoms in total. The summed E-state index contributed by atoms with van der Waals surface area (Å²) in [5, 5.41) is 4.66. The van der Waals surface area contributed by atoms with E-state index in [1.165, 1.54) is 0 Å². The maximum Gasteiger partial charge on any atom is 0.238 e. The van der Waals surface area contributed by atoms with Crippen molar-refractivity contribution in [3.05, 3.63) is 90.1 Å². The summed E-state index contributed by atoms with van der Waals surface area (Å²) in [6.07, 6.45) is 6.68. The molecule has 41 heavy (non-hydrogen) atoms. The highest BCUT2D eigenvalue weighted by atomic mass is 16.5. The van der Waals surface area contributed by atoms with E-state index in [9.17, 15) is 4.79 Å². The number of piperidine rings is 1. The predicted octanol–water partition coefficient (Wildman–Crippen LogP) is 5.99. The standard InChI is InChI=1S/C34H36N4O3/c1-36-19-14-28(15-20-36)41-31-22-25(30-13-18-35-38(30)26-7-4-3-5-8-26)21-29-32(31)37(33(39)34(29)16-6-17-34)23-24-9-11-27(40-2)12-10-24/h3-5,7-13,18,21-22,28H,6,14-17,19-20,23H2,1-2H3. The summed E-state index contributed by atoms with van der Waals surface area (Å²) in [7, 11) is 3.83. The Morgan fingerprint density at radius 1 is 0.976 bits per heavy atom. The van der Waals surface area contributed by atoms with Gasteiger partial charge in [0.1, 0.15) is 17.6 Å². The van der Waals surface area contributed by atoms with E-state index in [0.29, 0.717) is 6.54 Å². The molecule has 0 N–H and O–H groups in total. The first-order valence-electron chi connectivity index (χ1n) is 14.6. The Kier molecular flexibility index (Phi) is 6.54. The minimum atomic E-state index is -0.486. The third kappa shape index (κ3) is 4.49. The summed E-state index contributed by atoms with van der Waals surface area (Å²) in [5.41, 5.74) is 5.64. The predicted molar refractivity (Wildman–Crippen MR) is 160 cm³/mol. The van der Waals surface area contributed by atoms with E-state index in [2.05, 4.69) is 41.3 Å². The number of carbonyl (C=O) groups excluding carboxylic acids is 1. The number of likely N-dealkylation sites (tertiary alicyclic amines) is 1. The number of ether oxygens (including phenoxy) is 2. The Balaban J connectivity index is 1.35. The lowest BCUT2D eigenvalue weighted by Gasteiger charge is -2.37. The first-order chi connectivity index (χ1) is 20.1. The van der Waals surface area contributed by atoms with Gasteiger partial charge in [0.15, 0.2) is 0 Å². The number of fused-ring (bicyclic) bond motifs is 2. The summed E-state index contributed by atoms with van der Waals surface area (Å²) in [5.74, 6) is 1.80. The zero-order valence-corrected chi connectivity index (χ0v) is 23.8. The summed E-state index contributed by atoms with van der Waals surface area (Å²) >= 11 is 0. The van der Waals surface area contributed by atoms with Gasteiger partial charge in [-0.05, 0) is 86.3 Å². The highest BCUT2D eigenvalue weighted by Crippen LogP contribution is 2.57. The van der Waals surface area contributed by atoms with Crippen LogP contribution in [0.2, 0.25) is 0 Å². The number of amides is 1. The van der Waals surface area contributed by atoms with Crippen molar-refractivity contribution in [1.82, 2.24) is 14.7 Å². The molecule has 1 aromatic heterocycles. The quantitative estimate of drug-likeness (QED) is 0.284. The fourth-order valence-electron chi connectivity index (χ4n) is 6.62. The van der Waals surface area contributed by atoms with Gasteiger partial charge in [0.25, 0.3) is 0 Å². The topological polar surface area (TPSA) is 59.8 Å². The lowest BCUT2D eigenvalue weighted by Crippen LogP contribution is -2.44. The normalized spacial score (nSPS) is 18.4. The van der Waals surface area contributed by atoms with Gasteiger partial charge in [-0.25, -0.2) is 4.68 Å². The molecule has 0 unspecified atom stereocenters. The molecule has 3 aliphatic rings. The third-order valence-corrected chi connectivity index (χ3v) is 9.12. The second-order valence-corrected chi connectivity index (χ2v) is 11.6. The second-order valence-electron chi connectivity index (χ2n) is 11.6. The lowest BCUT2D eigenvalue weighted by molar-refractivity contribution is -0.126. The van der Waals surface area contributed by atoms with E-state index in [-0.39, 0.29) is 12.0 Å². The first-order valence-corrected chi connectivity index (χ1v) is 14.6. The average molecular weight is 549 g/mol. The fourth-order valence-corrected chi connectivity index (χ4v) is 6.62. The number of aromatic nitrogens is 2. The van der Waals surface area contributed by atoms with Crippen LogP contribution in [0.1, 0.15) is 43.2 Å². The van der Waals surface area contributed by atoms with Gasteiger partial charge < -0.3 is 19.3 Å². The van der Waals surface area contributed by atoms with Crippen molar-refractivity contribution < 1.29 is 14.3 Å². The second kappa shape index (κ2) is 10.4. The van der Waals surface area contributed by atoms with Crippen LogP contribution >= 0.6 is 0 Å². The van der Waals surface area contributed by atoms with E-state index in [1.54, 1.807) is 7.11 Å². The van der Waals surface area contributed by atoms with Gasteiger partial charge in [-0.3, -0.25) is 4.79 Å². The van der Waals surface area contributed by atoms with Gasteiger partial charge in [-0.2, -0.15) is 5.10 Å². The number of benzene rings is 3. The molecule has 1 saturated heterocycles. The molecule has 7 heteroatoms. The summed E-state index contributed by atoms with van der Waals surface area (Å²) < 4.78 is 14.2. The van der Waals surface area contributed by atoms with Gasteiger partial charge in [0.2, 0.25) is 5.91 Å². The molecule has 1 amide bonds. The lowest BCUT2D eigenvalue weighted by atomic mass is 9.65. The number of nitrogens with zero attached hydrogens (tertiary/aromatic N) is 4. The molecule has 3 aromatic carbocycles. The highest BCUT2D eigenvalue weighted by Gasteiger charge is 2.55. The minimum absolute atomic E-state index is 0.112. The monoisotopic (exact) mass is 548 g/mol. The number of carbonyl (C=O) groups is 1. The van der Waals surface area contributed by atoms with Crippen molar-refractivity contribution in [2.75, 3.05) is 32.1 Å². The van der Waals surface area contributed by atoms with Crippen LogP contribution in [0, 0.1) is 0 Å². The molecule has 4 aromatic rings. The van der Waals surface area contributed by atoms with E-state index in [1.807, 2.05) is 64.3 Å². The Morgan fingerprint density at radius 2 is 1.73 bits per heavy atom. The molecule has 1 aliphatic carbocycles. The van der Waals surface area contributed by atoms with Crippen molar-refractivity contribution in [2.45, 2.75) is 50.2 Å². The van der Waals surface area contributed by atoms with E-state index < -0.39 is 5.41 Å². The van der Waals surface area contributed by atoms with Crippen LogP contribution in [0.5, 0.6) is 11.5 Å². The molecule has 210 valence electrons. The Bertz CT molecular complexity index is 1550. The van der Waals surface area contributed by atoms with Crippen molar-refractivity contribution in [3.8, 4) is 28.4 Å². The van der Waals surface area contributed by atoms with Crippen LogP contribution in [0.3, 0.4) is 0 Å². The average Bonchev–Trinajstić information content (AvgIpc) is 3.56. The van der Waals surface area contributed by atoms with Crippen molar-refractivity contribution in [3.63, 3.8) is 0 Å². The Hall–Kier alpha value is -4.10. The molecule has 0 radical (unpaired) electrons. The Labute approximate surface area is 241 Å². The first kappa shape index (κ1) is 25.8. The number of hydrogen-bond donors (Lipinski definition) is 0. The van der Waals surface area contributed by atoms with Gasteiger partial charge in [-0.15, -0.1) is 0 Å². The van der Waals surface area contributed by atoms with Gasteiger partial charge in [0.05, 0.1) is 42.3 Å². The third-order valence-electron chi connectivity index (χ3n) is 9.12. The molecule has 0 atom stereocenters. The van der Waals surface area contributed by atoms with Crippen LogP contribution in [0.4, 0.5) is 5.69 Å². The number of para-hydroxylation sites is 1. The molecule has 7 rings (SSSR count). The van der Waals surface area contributed by atoms with Gasteiger partial charge >= 0.3 is 0 Å². The van der Waals surface area contributed by atoms with Crippen molar-refractivity contribution >= 4 is 11.6 Å². The van der Waals surface area contributed by atoms with Crippen LogP contribution < -0.4 is 14.4 Å². The van der Waals surface area contributed by atoms with E-state index in [4.69, 9.17) is 9.47 Å². The molecule has 2 aliphatic heterocycles. The largest absolute Gasteiger partial charge is 0.497 e. The highest BCUT2D eigenvalue weighted by molar-refractivity contribution is 6.10. The van der Waals surface area contributed by atoms with Crippen molar-refractivity contribution in [1.29, 1.82) is 0 Å². The fraction of sp³-hybridized carbons (Fsp3) is 0.353. The molecular formula is C34H36N4O3. The van der Waals surface area contributed by atoms with Crippen LogP contribution in [-0.4, -0.2) is 53.9 Å². The number of rotatable bonds is 7. The summed E-state index contributed by atoms with van der Waals surface area (Å²) in [6, 6.07) is 24.6. The molecule has 1 saturated carbocycles. The van der Waals surface area contributed by atoms with Crippen LogP contribution in [-0.2, 0) is 16.8 Å². The molecular weight excluding hydrogens is 512 g/mol. The number of methoxy groups -OCH3 is 1. The maximum atomic E-state index is 14.3. The van der Waals surface area contributed by atoms with Crippen molar-refractivity contribution in [2.24, 2.45) is 0 Å². The van der Waals surface area contributed by atoms with Gasteiger partial charge in [-0.1, -0.05) is 36.8 Å². The van der Waals surface area contributed by atoms with Crippen LogP contribution in [0.15, 0.2) is 79.0 Å². The minimum Gasteiger partial charge on any atom is -0.497 e. The van der Waals surface area contributed by atoms with Crippen LogP contribution in [0.25, 0.3) is 16.9 Å². The maximum absolute atomic E-state index is 14.3. The number of anilines is 1. The molecule has 3 heterocycles. The smallest absolute Gasteiger partial charge is 0.238 e. The molecule has 1 spiro atoms. The molecule has 0 bridgehead atoms. The zero-order valence-electron chi connectivity index (χ0n) is 23.8. The molecule has 2 fully saturated rings.